The van der Waals surface area contributed by atoms with Crippen LogP contribution in [-0.2, 0) is 17.9 Å². The van der Waals surface area contributed by atoms with Crippen molar-refractivity contribution in [2.75, 3.05) is 36.0 Å². The van der Waals surface area contributed by atoms with Crippen LogP contribution < -0.4 is 9.80 Å². The van der Waals surface area contributed by atoms with E-state index in [1.165, 1.54) is 0 Å². The van der Waals surface area contributed by atoms with E-state index in [4.69, 9.17) is 0 Å². The fraction of sp³-hybridized carbons (Fsp3) is 0.345. The molecule has 5 rings (SSSR count). The van der Waals surface area contributed by atoms with Gasteiger partial charge in [0.05, 0.1) is 17.4 Å². The number of imidazole rings is 1. The van der Waals surface area contributed by atoms with Gasteiger partial charge in [-0.25, -0.2) is 15.0 Å². The molecule has 2 amide bonds. The molecule has 0 radical (unpaired) electrons. The van der Waals surface area contributed by atoms with E-state index in [0.717, 1.165) is 41.7 Å². The molecular weight excluding hydrogens is 478 g/mol. The van der Waals surface area contributed by atoms with Gasteiger partial charge in [-0.15, -0.1) is 0 Å². The van der Waals surface area contributed by atoms with Crippen molar-refractivity contribution in [3.05, 3.63) is 78.4 Å². The zero-order chi connectivity index (χ0) is 26.5. The topological polar surface area (TPSA) is 87.5 Å². The number of hydrogen-bond donors (Lipinski definition) is 0. The molecule has 0 saturated heterocycles. The standard InChI is InChI=1S/C29H33N7O2/c1-3-14-35-21-32-25-19-23(10-11-27(25)35)28(38)34-18-17-33(29-30-12-6-13-31-29)15-7-16-36(22(2)37)26-9-5-4-8-24(26)20-34/h4-6,8-13,19,21H,3,7,14-18,20H2,1-2H3. The zero-order valence-electron chi connectivity index (χ0n) is 22.0. The number of benzene rings is 2. The highest BCUT2D eigenvalue weighted by atomic mass is 16.2. The SMILES string of the molecule is CCCn1cnc2cc(C(=O)N3CCN(c4ncccn4)CCCN(C(C)=O)c4ccccc4C3)ccc21. The van der Waals surface area contributed by atoms with E-state index in [-0.39, 0.29) is 11.8 Å². The fourth-order valence-electron chi connectivity index (χ4n) is 5.04. The van der Waals surface area contributed by atoms with Gasteiger partial charge in [0.25, 0.3) is 5.91 Å². The van der Waals surface area contributed by atoms with Crippen molar-refractivity contribution in [3.63, 3.8) is 0 Å². The number of anilines is 2. The predicted octanol–water partition coefficient (Wildman–Crippen LogP) is 4.14. The van der Waals surface area contributed by atoms with Crippen LogP contribution in [0.25, 0.3) is 11.0 Å². The van der Waals surface area contributed by atoms with Gasteiger partial charge in [-0.2, -0.15) is 0 Å². The van der Waals surface area contributed by atoms with Gasteiger partial charge in [0.15, 0.2) is 0 Å². The van der Waals surface area contributed by atoms with Crippen LogP contribution in [-0.4, -0.2) is 62.4 Å². The maximum Gasteiger partial charge on any atom is 0.254 e. The van der Waals surface area contributed by atoms with Crippen LogP contribution >= 0.6 is 0 Å². The minimum absolute atomic E-state index is 0.0230. The van der Waals surface area contributed by atoms with Gasteiger partial charge in [-0.1, -0.05) is 25.1 Å². The Balaban J connectivity index is 1.50. The molecular formula is C29H33N7O2. The molecule has 0 fully saturated rings. The van der Waals surface area contributed by atoms with E-state index in [1.54, 1.807) is 30.3 Å². The van der Waals surface area contributed by atoms with E-state index in [9.17, 15) is 9.59 Å². The van der Waals surface area contributed by atoms with Crippen LogP contribution in [0.2, 0.25) is 0 Å². The van der Waals surface area contributed by atoms with Crippen LogP contribution in [0, 0.1) is 0 Å². The van der Waals surface area contributed by atoms with Crippen molar-refractivity contribution < 1.29 is 9.59 Å². The fourth-order valence-corrected chi connectivity index (χ4v) is 5.04. The summed E-state index contributed by atoms with van der Waals surface area (Å²) in [5.74, 6) is 0.522. The van der Waals surface area contributed by atoms with Gasteiger partial charge in [-0.05, 0) is 48.7 Å². The Labute approximate surface area is 222 Å². The molecule has 2 aromatic carbocycles. The van der Waals surface area contributed by atoms with Crippen LogP contribution in [0.4, 0.5) is 11.6 Å². The van der Waals surface area contributed by atoms with Gasteiger partial charge in [0, 0.05) is 69.8 Å². The predicted molar refractivity (Wildman–Crippen MR) is 148 cm³/mol. The van der Waals surface area contributed by atoms with E-state index >= 15 is 0 Å². The number of amides is 2. The van der Waals surface area contributed by atoms with Crippen molar-refractivity contribution in [2.45, 2.75) is 39.8 Å². The average molecular weight is 512 g/mol. The van der Waals surface area contributed by atoms with Crippen molar-refractivity contribution >= 4 is 34.5 Å². The summed E-state index contributed by atoms with van der Waals surface area (Å²) < 4.78 is 2.11. The van der Waals surface area contributed by atoms with Crippen LogP contribution in [0.1, 0.15) is 42.6 Å². The molecule has 0 atom stereocenters. The Morgan fingerprint density at radius 2 is 1.74 bits per heavy atom. The third kappa shape index (κ3) is 5.37. The van der Waals surface area contributed by atoms with Gasteiger partial charge in [-0.3, -0.25) is 9.59 Å². The third-order valence-corrected chi connectivity index (χ3v) is 6.93. The molecule has 9 heteroatoms. The van der Waals surface area contributed by atoms with Gasteiger partial charge < -0.3 is 19.3 Å². The van der Waals surface area contributed by atoms with E-state index in [2.05, 4.69) is 31.3 Å². The quantitative estimate of drug-likeness (QED) is 0.409. The lowest BCUT2D eigenvalue weighted by Gasteiger charge is -2.28. The summed E-state index contributed by atoms with van der Waals surface area (Å²) in [5.41, 5.74) is 4.21. The van der Waals surface area contributed by atoms with Gasteiger partial charge >= 0.3 is 0 Å². The molecule has 0 spiro atoms. The molecule has 0 saturated carbocycles. The molecule has 0 bridgehead atoms. The van der Waals surface area contributed by atoms with E-state index in [1.807, 2.05) is 53.7 Å². The first kappa shape index (κ1) is 25.4. The van der Waals surface area contributed by atoms with Crippen molar-refractivity contribution in [1.82, 2.24) is 24.4 Å². The molecule has 0 N–H and O–H groups in total. The van der Waals surface area contributed by atoms with Crippen LogP contribution in [0.15, 0.2) is 67.3 Å². The van der Waals surface area contributed by atoms with Crippen molar-refractivity contribution in [2.24, 2.45) is 0 Å². The lowest BCUT2D eigenvalue weighted by Crippen LogP contribution is -2.39. The smallest absolute Gasteiger partial charge is 0.254 e. The monoisotopic (exact) mass is 511 g/mol. The number of carbonyl (C=O) groups excluding carboxylic acids is 2. The molecule has 196 valence electrons. The van der Waals surface area contributed by atoms with Gasteiger partial charge in [0.2, 0.25) is 11.9 Å². The summed E-state index contributed by atoms with van der Waals surface area (Å²) in [6.07, 6.45) is 7.04. The number of para-hydroxylation sites is 1. The van der Waals surface area contributed by atoms with Crippen molar-refractivity contribution in [3.8, 4) is 0 Å². The number of nitrogens with zero attached hydrogens (tertiary/aromatic N) is 7. The highest BCUT2D eigenvalue weighted by molar-refractivity contribution is 5.98. The summed E-state index contributed by atoms with van der Waals surface area (Å²) in [7, 11) is 0. The Kier molecular flexibility index (Phi) is 7.62. The number of fused-ring (bicyclic) bond motifs is 2. The highest BCUT2D eigenvalue weighted by Crippen LogP contribution is 2.25. The number of aryl methyl sites for hydroxylation is 1. The number of aromatic nitrogens is 4. The third-order valence-electron chi connectivity index (χ3n) is 6.93. The Morgan fingerprint density at radius 3 is 2.53 bits per heavy atom. The molecule has 3 heterocycles. The normalized spacial score (nSPS) is 14.7. The van der Waals surface area contributed by atoms with E-state index < -0.39 is 0 Å². The summed E-state index contributed by atoms with van der Waals surface area (Å²) in [6, 6.07) is 15.4. The average Bonchev–Trinajstić information content (AvgIpc) is 3.32. The first-order valence-corrected chi connectivity index (χ1v) is 13.2. The Morgan fingerprint density at radius 1 is 0.921 bits per heavy atom. The Bertz CT molecular complexity index is 1420. The largest absolute Gasteiger partial charge is 0.339 e. The second-order valence-electron chi connectivity index (χ2n) is 9.56. The van der Waals surface area contributed by atoms with Crippen molar-refractivity contribution in [1.29, 1.82) is 0 Å². The minimum Gasteiger partial charge on any atom is -0.339 e. The summed E-state index contributed by atoms with van der Waals surface area (Å²) in [6.45, 7) is 7.28. The summed E-state index contributed by atoms with van der Waals surface area (Å²) in [4.78, 5) is 45.8. The second kappa shape index (κ2) is 11.4. The second-order valence-corrected chi connectivity index (χ2v) is 9.56. The maximum absolute atomic E-state index is 14.0. The molecule has 38 heavy (non-hydrogen) atoms. The van der Waals surface area contributed by atoms with Crippen LogP contribution in [0.3, 0.4) is 0 Å². The lowest BCUT2D eigenvalue weighted by molar-refractivity contribution is -0.116. The molecule has 1 aliphatic rings. The maximum atomic E-state index is 14.0. The molecule has 1 aliphatic heterocycles. The lowest BCUT2D eigenvalue weighted by atomic mass is 10.1. The highest BCUT2D eigenvalue weighted by Gasteiger charge is 2.24. The number of hydrogen-bond acceptors (Lipinski definition) is 6. The van der Waals surface area contributed by atoms with Gasteiger partial charge in [0.1, 0.15) is 0 Å². The van der Waals surface area contributed by atoms with Crippen LogP contribution in [0.5, 0.6) is 0 Å². The zero-order valence-corrected chi connectivity index (χ0v) is 22.0. The van der Waals surface area contributed by atoms with E-state index in [0.29, 0.717) is 44.2 Å². The first-order valence-electron chi connectivity index (χ1n) is 13.2. The minimum atomic E-state index is -0.0747. The molecule has 9 nitrogen and oxygen atoms in total. The Hall–Kier alpha value is -4.27. The first-order chi connectivity index (χ1) is 18.5. The summed E-state index contributed by atoms with van der Waals surface area (Å²) in [5, 5.41) is 0. The molecule has 4 aromatic rings. The molecule has 0 aliphatic carbocycles. The summed E-state index contributed by atoms with van der Waals surface area (Å²) >= 11 is 0. The molecule has 0 unspecified atom stereocenters. The number of carbonyl (C=O) groups is 2. The number of rotatable bonds is 4. The molecule has 2 aromatic heterocycles.